The summed E-state index contributed by atoms with van der Waals surface area (Å²) in [5.41, 5.74) is 25.3. The minimum Gasteiger partial charge on any atom is -0.507 e. The Morgan fingerprint density at radius 2 is 1.69 bits per heavy atom. The number of benzene rings is 2. The van der Waals surface area contributed by atoms with E-state index in [1.165, 1.54) is 23.3 Å². The molecule has 2 aromatic heterocycles. The highest BCUT2D eigenvalue weighted by Gasteiger charge is 2.55. The van der Waals surface area contributed by atoms with E-state index in [4.69, 9.17) is 37.5 Å². The topological polar surface area (TPSA) is 260 Å². The number of phenolic OH excluding ortho intramolecular Hbond substituents is 1. The monoisotopic (exact) mass is 957 g/mol. The molecule has 4 aliphatic heterocycles. The summed E-state index contributed by atoms with van der Waals surface area (Å²) in [7, 11) is 0. The maximum Gasteiger partial charge on any atom is 0.317 e. The second-order valence-electron chi connectivity index (χ2n) is 20.8. The average molecular weight is 957 g/mol. The molecule has 5 aliphatic rings. The van der Waals surface area contributed by atoms with Gasteiger partial charge in [0.05, 0.1) is 17.7 Å². The zero-order valence-corrected chi connectivity index (χ0v) is 41.4. The fourth-order valence-corrected chi connectivity index (χ4v) is 10.5. The van der Waals surface area contributed by atoms with E-state index in [1.54, 1.807) is 30.3 Å². The summed E-state index contributed by atoms with van der Waals surface area (Å²) in [6.07, 6.45) is 14.3. The van der Waals surface area contributed by atoms with Crippen molar-refractivity contribution in [3.05, 3.63) is 100.0 Å². The lowest BCUT2D eigenvalue weighted by molar-refractivity contribution is -0.128. The number of nitrogen functional groups attached to an aromatic ring is 1. The number of nitrogens with two attached hydrogens (primary N) is 3. The summed E-state index contributed by atoms with van der Waals surface area (Å²) in [6.45, 7) is 16.3. The van der Waals surface area contributed by atoms with Crippen molar-refractivity contribution in [2.45, 2.75) is 116 Å². The number of nitriles is 1. The Morgan fingerprint density at radius 1 is 1.01 bits per heavy atom. The van der Waals surface area contributed by atoms with Gasteiger partial charge >= 0.3 is 6.03 Å². The van der Waals surface area contributed by atoms with Gasteiger partial charge in [0.2, 0.25) is 18.3 Å². The molecule has 4 amide bonds. The summed E-state index contributed by atoms with van der Waals surface area (Å²) in [6, 6.07) is 16.8. The van der Waals surface area contributed by atoms with E-state index in [0.717, 1.165) is 86.7 Å². The Morgan fingerprint density at radius 3 is 2.27 bits per heavy atom. The van der Waals surface area contributed by atoms with Crippen molar-refractivity contribution in [1.29, 1.82) is 5.26 Å². The molecular formula is C53H72N12O5. The normalized spacial score (nSPS) is 20.6. The van der Waals surface area contributed by atoms with Crippen molar-refractivity contribution < 1.29 is 24.6 Å². The summed E-state index contributed by atoms with van der Waals surface area (Å²) in [5.74, 6) is 1.50. The number of hydrogen-bond acceptors (Lipinski definition) is 12. The number of aromatic amines is 1. The number of nitrogens with one attached hydrogen (secondary N) is 2. The predicted octanol–water partition coefficient (Wildman–Crippen LogP) is 5.65. The lowest BCUT2D eigenvalue weighted by Crippen LogP contribution is -2.69. The second-order valence-corrected chi connectivity index (χ2v) is 20.8. The first-order chi connectivity index (χ1) is 33.4. The van der Waals surface area contributed by atoms with Crippen LogP contribution in [0.15, 0.2) is 60.9 Å². The molecule has 1 aliphatic carbocycles. The minimum absolute atomic E-state index is 0.00948. The number of anilines is 2. The quantitative estimate of drug-likeness (QED) is 0.0953. The number of likely N-dealkylation sites (tertiary alicyclic amines) is 3. The molecule has 3 atom stereocenters. The highest BCUT2D eigenvalue weighted by atomic mass is 16.3. The number of H-pyrrole nitrogens is 1. The van der Waals surface area contributed by atoms with Crippen LogP contribution in [-0.2, 0) is 22.4 Å². The fraction of sp³-hybridized carbons (Fsp3) is 0.509. The van der Waals surface area contributed by atoms with Gasteiger partial charge in [0.25, 0.3) is 0 Å². The Kier molecular flexibility index (Phi) is 16.1. The van der Waals surface area contributed by atoms with Gasteiger partial charge in [-0.15, -0.1) is 0 Å². The van der Waals surface area contributed by atoms with Gasteiger partial charge in [-0.25, -0.2) is 14.8 Å². The van der Waals surface area contributed by atoms with Gasteiger partial charge in [0.1, 0.15) is 17.6 Å². The molecule has 3 saturated heterocycles. The highest BCUT2D eigenvalue weighted by molar-refractivity contribution is 5.86. The molecular weight excluding hydrogens is 885 g/mol. The first-order valence-electron chi connectivity index (χ1n) is 24.7. The molecule has 70 heavy (non-hydrogen) atoms. The van der Waals surface area contributed by atoms with Crippen LogP contribution in [0.1, 0.15) is 124 Å². The molecule has 4 fully saturated rings. The van der Waals surface area contributed by atoms with Gasteiger partial charge in [-0.2, -0.15) is 5.26 Å². The number of carbonyl (C=O) groups excluding carboxylic acids is 3. The summed E-state index contributed by atoms with van der Waals surface area (Å²) in [5, 5.41) is 30.6. The number of para-hydroxylation sites is 1. The maximum atomic E-state index is 12.7. The zero-order valence-electron chi connectivity index (χ0n) is 41.4. The van der Waals surface area contributed by atoms with Gasteiger partial charge in [0.15, 0.2) is 0 Å². The first kappa shape index (κ1) is 51.2. The third kappa shape index (κ3) is 11.7. The number of aliphatic hydroxyl groups excluding tert-OH is 1. The standard InChI is InChI=1S/C38H53N9O2.C9H9NO.C6H10N2O2/c1-23-33-29(16-30(39)28-8-6-7-9-32(28)48)34(40)44-31(33)12-15-47(23)35-41-19-26(20-42-35)25-10-13-45(14-11-25)27-17-38(18-27)21-46(22-38)36(49)43-24(2)37(3,4)5;10-7-9-3-1-8(2-4-9)5-6-11;7-6(10)5-2-1-3-8(5)4-9/h6-9,16,19-20,23-25,27,44,48H,10-15,17-18,21-22,39-40H2,1-5H3,(H,43,49);1-4,11H,5-6H2;4-5H,1-3H2,(H2,7,10)/b30-16-;;. The molecule has 4 aromatic rings. The van der Waals surface area contributed by atoms with Crippen molar-refractivity contribution in [1.82, 2.24) is 35.0 Å². The number of aromatic hydroxyl groups is 1. The molecule has 9 rings (SSSR count). The van der Waals surface area contributed by atoms with Crippen LogP contribution >= 0.6 is 0 Å². The molecule has 2 aromatic carbocycles. The van der Waals surface area contributed by atoms with E-state index in [0.29, 0.717) is 65.8 Å². The predicted molar refractivity (Wildman–Crippen MR) is 272 cm³/mol. The average Bonchev–Trinajstić information content (AvgIpc) is 3.93. The van der Waals surface area contributed by atoms with Crippen molar-refractivity contribution in [3.63, 3.8) is 0 Å². The second kappa shape index (κ2) is 22.0. The number of rotatable bonds is 10. The van der Waals surface area contributed by atoms with Crippen LogP contribution in [0.3, 0.4) is 0 Å². The number of urea groups is 1. The number of amides is 4. The van der Waals surface area contributed by atoms with Gasteiger partial charge in [0, 0.05) is 97.2 Å². The van der Waals surface area contributed by atoms with E-state index >= 15 is 0 Å². The SMILES string of the molecule is CC1c2c([nH]c(N)c2/C=C(\N)c2ccccc2O)CCN1c1ncc(C2CCN(C3CC4(C3)CN(C(=O)NC(C)C(C)(C)C)C4)CC2)cn1.N#Cc1ccc(CCO)cc1.NC(=O)C1CCCN1C=O. The Balaban J connectivity index is 0.000000282. The molecule has 17 heteroatoms. The molecule has 0 bridgehead atoms. The van der Waals surface area contributed by atoms with E-state index in [9.17, 15) is 19.5 Å². The van der Waals surface area contributed by atoms with Crippen LogP contribution < -0.4 is 27.4 Å². The van der Waals surface area contributed by atoms with Crippen molar-refractivity contribution in [3.8, 4) is 11.8 Å². The largest absolute Gasteiger partial charge is 0.507 e. The number of carbonyl (C=O) groups is 3. The van der Waals surface area contributed by atoms with Crippen LogP contribution in [0.4, 0.5) is 16.6 Å². The Bertz CT molecular complexity index is 2510. The number of nitrogens with zero attached hydrogens (tertiary/aromatic N) is 7. The number of fused-ring (bicyclic) bond motifs is 1. The van der Waals surface area contributed by atoms with Gasteiger partial charge in [-0.1, -0.05) is 45.0 Å². The third-order valence-electron chi connectivity index (χ3n) is 15.2. The third-order valence-corrected chi connectivity index (χ3v) is 15.2. The number of aliphatic hydroxyl groups is 1. The number of piperidine rings is 1. The van der Waals surface area contributed by atoms with Gasteiger partial charge in [-0.05, 0) is 125 Å². The smallest absolute Gasteiger partial charge is 0.317 e. The molecule has 6 heterocycles. The summed E-state index contributed by atoms with van der Waals surface area (Å²) in [4.78, 5) is 55.0. The molecule has 1 spiro atoms. The molecule has 17 nitrogen and oxygen atoms in total. The Labute approximate surface area is 412 Å². The van der Waals surface area contributed by atoms with Gasteiger partial charge < -0.3 is 57.3 Å². The van der Waals surface area contributed by atoms with Crippen LogP contribution in [0.5, 0.6) is 5.75 Å². The van der Waals surface area contributed by atoms with E-state index in [1.807, 2.05) is 47.6 Å². The van der Waals surface area contributed by atoms with E-state index < -0.39 is 5.91 Å². The van der Waals surface area contributed by atoms with Crippen molar-refractivity contribution in [2.24, 2.45) is 22.3 Å². The highest BCUT2D eigenvalue weighted by Crippen LogP contribution is 2.51. The molecule has 374 valence electrons. The molecule has 10 N–H and O–H groups in total. The number of hydrogen-bond donors (Lipinski definition) is 7. The molecule has 0 radical (unpaired) electrons. The van der Waals surface area contributed by atoms with E-state index in [-0.39, 0.29) is 41.9 Å². The van der Waals surface area contributed by atoms with Crippen LogP contribution in [0.25, 0.3) is 11.8 Å². The first-order valence-corrected chi connectivity index (χ1v) is 24.7. The van der Waals surface area contributed by atoms with Crippen LogP contribution in [0.2, 0.25) is 0 Å². The van der Waals surface area contributed by atoms with Crippen molar-refractivity contribution in [2.75, 3.05) is 56.5 Å². The van der Waals surface area contributed by atoms with Crippen LogP contribution in [0, 0.1) is 22.2 Å². The Hall–Kier alpha value is -6.64. The number of phenols is 1. The minimum atomic E-state index is -0.399. The maximum absolute atomic E-state index is 12.7. The fourth-order valence-electron chi connectivity index (χ4n) is 10.5. The summed E-state index contributed by atoms with van der Waals surface area (Å²) >= 11 is 0. The molecule has 3 unspecified atom stereocenters. The number of aromatic nitrogens is 3. The molecule has 1 saturated carbocycles. The van der Waals surface area contributed by atoms with Gasteiger partial charge in [-0.3, -0.25) is 9.59 Å². The van der Waals surface area contributed by atoms with E-state index in [2.05, 4.69) is 54.7 Å². The summed E-state index contributed by atoms with van der Waals surface area (Å²) < 4.78 is 0. The number of primary amides is 1. The zero-order chi connectivity index (χ0) is 50.3. The van der Waals surface area contributed by atoms with Crippen LogP contribution in [-0.4, -0.2) is 122 Å². The van der Waals surface area contributed by atoms with Crippen molar-refractivity contribution >= 4 is 41.9 Å². The lowest BCUT2D eigenvalue weighted by atomic mass is 9.60. The lowest BCUT2D eigenvalue weighted by Gasteiger charge is -2.61.